The molecule has 2 N–H and O–H groups in total. The quantitative estimate of drug-likeness (QED) is 0.712. The normalized spacial score (nSPS) is 15.3. The molecule has 2 rings (SSSR count). The molecule has 4 heteroatoms. The van der Waals surface area contributed by atoms with Crippen LogP contribution in [0.3, 0.4) is 0 Å². The first-order valence-corrected chi connectivity index (χ1v) is 5.66. The van der Waals surface area contributed by atoms with E-state index in [1.807, 2.05) is 0 Å². The lowest BCUT2D eigenvalue weighted by Crippen LogP contribution is -2.19. The number of methoxy groups -OCH3 is 1. The molecular formula is C11H19N3O. The van der Waals surface area contributed by atoms with Gasteiger partial charge in [-0.1, -0.05) is 0 Å². The van der Waals surface area contributed by atoms with Gasteiger partial charge in [0.15, 0.2) is 0 Å². The van der Waals surface area contributed by atoms with E-state index in [9.17, 15) is 0 Å². The van der Waals surface area contributed by atoms with Crippen molar-refractivity contribution in [2.24, 2.45) is 0 Å². The number of aromatic amines is 1. The van der Waals surface area contributed by atoms with Gasteiger partial charge in [0.1, 0.15) is 5.82 Å². The van der Waals surface area contributed by atoms with Crippen molar-refractivity contribution in [1.29, 1.82) is 0 Å². The van der Waals surface area contributed by atoms with Gasteiger partial charge in [-0.25, -0.2) is 4.98 Å². The van der Waals surface area contributed by atoms with Gasteiger partial charge in [0.05, 0.1) is 18.8 Å². The van der Waals surface area contributed by atoms with Crippen LogP contribution in [0.5, 0.6) is 0 Å². The molecule has 0 saturated carbocycles. The maximum Gasteiger partial charge on any atom is 0.120 e. The second-order valence-electron chi connectivity index (χ2n) is 3.99. The number of H-pyrrole nitrogens is 1. The first-order chi connectivity index (χ1) is 7.40. The number of ether oxygens (including phenoxy) is 1. The van der Waals surface area contributed by atoms with Crippen LogP contribution in [-0.4, -0.2) is 30.2 Å². The van der Waals surface area contributed by atoms with Crippen molar-refractivity contribution >= 4 is 0 Å². The topological polar surface area (TPSA) is 49.9 Å². The molecule has 0 aliphatic heterocycles. The van der Waals surface area contributed by atoms with Crippen LogP contribution in [0, 0.1) is 0 Å². The summed E-state index contributed by atoms with van der Waals surface area (Å²) in [6.45, 7) is 2.44. The highest BCUT2D eigenvalue weighted by Gasteiger charge is 2.13. The minimum Gasteiger partial charge on any atom is -0.383 e. The van der Waals surface area contributed by atoms with Crippen molar-refractivity contribution in [2.75, 3.05) is 20.3 Å². The predicted molar refractivity (Wildman–Crippen MR) is 58.8 cm³/mol. The molecule has 0 unspecified atom stereocenters. The molecule has 0 saturated heterocycles. The zero-order valence-corrected chi connectivity index (χ0v) is 9.31. The highest BCUT2D eigenvalue weighted by molar-refractivity contribution is 5.17. The summed E-state index contributed by atoms with van der Waals surface area (Å²) in [5.41, 5.74) is 2.63. The third kappa shape index (κ3) is 2.79. The van der Waals surface area contributed by atoms with Gasteiger partial charge in [-0.05, 0) is 25.7 Å². The molecule has 1 aromatic heterocycles. The van der Waals surface area contributed by atoms with E-state index in [1.54, 1.807) is 7.11 Å². The summed E-state index contributed by atoms with van der Waals surface area (Å²) >= 11 is 0. The Balaban J connectivity index is 1.84. The number of fused-ring (bicyclic) bond motifs is 1. The summed E-state index contributed by atoms with van der Waals surface area (Å²) in [7, 11) is 1.72. The zero-order valence-electron chi connectivity index (χ0n) is 9.31. The zero-order chi connectivity index (χ0) is 10.5. The van der Waals surface area contributed by atoms with Gasteiger partial charge in [-0.2, -0.15) is 0 Å². The second kappa shape index (κ2) is 5.28. The molecule has 1 heterocycles. The Morgan fingerprint density at radius 1 is 1.40 bits per heavy atom. The van der Waals surface area contributed by atoms with E-state index < -0.39 is 0 Å². The first-order valence-electron chi connectivity index (χ1n) is 5.66. The summed E-state index contributed by atoms with van der Waals surface area (Å²) < 4.78 is 4.97. The van der Waals surface area contributed by atoms with Gasteiger partial charge in [-0.3, -0.25) is 0 Å². The van der Waals surface area contributed by atoms with Crippen molar-refractivity contribution in [3.63, 3.8) is 0 Å². The molecule has 4 nitrogen and oxygen atoms in total. The Kier molecular flexibility index (Phi) is 3.75. The van der Waals surface area contributed by atoms with Crippen LogP contribution in [0.2, 0.25) is 0 Å². The monoisotopic (exact) mass is 209 g/mol. The molecule has 84 valence electrons. The molecule has 0 amide bonds. The largest absolute Gasteiger partial charge is 0.383 e. The smallest absolute Gasteiger partial charge is 0.120 e. The molecule has 0 atom stereocenters. The molecule has 1 aliphatic carbocycles. The SMILES string of the molecule is COCCNCc1nc2c([nH]1)CCCC2. The molecule has 0 aromatic carbocycles. The Bertz CT molecular complexity index is 285. The predicted octanol–water partition coefficient (Wildman–Crippen LogP) is 1.02. The number of nitrogens with zero attached hydrogens (tertiary/aromatic N) is 1. The lowest BCUT2D eigenvalue weighted by Gasteiger charge is -2.07. The summed E-state index contributed by atoms with van der Waals surface area (Å²) in [4.78, 5) is 7.99. The maximum absolute atomic E-state index is 4.97. The summed E-state index contributed by atoms with van der Waals surface area (Å²) in [6, 6.07) is 0. The number of aromatic nitrogens is 2. The van der Waals surface area contributed by atoms with Crippen molar-refractivity contribution < 1.29 is 4.74 Å². The number of imidazole rings is 1. The van der Waals surface area contributed by atoms with Crippen molar-refractivity contribution in [1.82, 2.24) is 15.3 Å². The molecular weight excluding hydrogens is 190 g/mol. The lowest BCUT2D eigenvalue weighted by molar-refractivity contribution is 0.199. The van der Waals surface area contributed by atoms with E-state index in [2.05, 4.69) is 15.3 Å². The third-order valence-corrected chi connectivity index (χ3v) is 2.78. The summed E-state index contributed by atoms with van der Waals surface area (Å²) in [6.07, 6.45) is 4.89. The molecule has 0 fully saturated rings. The number of aryl methyl sites for hydroxylation is 2. The lowest BCUT2D eigenvalue weighted by atomic mass is 10.0. The van der Waals surface area contributed by atoms with E-state index in [4.69, 9.17) is 4.74 Å². The van der Waals surface area contributed by atoms with E-state index in [0.717, 1.165) is 31.9 Å². The highest BCUT2D eigenvalue weighted by Crippen LogP contribution is 2.18. The van der Waals surface area contributed by atoms with Crippen molar-refractivity contribution in [2.45, 2.75) is 32.2 Å². The van der Waals surface area contributed by atoms with E-state index in [-0.39, 0.29) is 0 Å². The highest BCUT2D eigenvalue weighted by atomic mass is 16.5. The molecule has 0 radical (unpaired) electrons. The van der Waals surface area contributed by atoms with E-state index in [0.29, 0.717) is 0 Å². The van der Waals surface area contributed by atoms with Crippen molar-refractivity contribution in [3.05, 3.63) is 17.2 Å². The average molecular weight is 209 g/mol. The summed E-state index contributed by atoms with van der Waals surface area (Å²) in [5.74, 6) is 1.07. The number of nitrogens with one attached hydrogen (secondary N) is 2. The first kappa shape index (κ1) is 10.6. The standard InChI is InChI=1S/C11H19N3O/c1-15-7-6-12-8-11-13-9-4-2-3-5-10(9)14-11/h12H,2-8H2,1H3,(H,13,14). The number of hydrogen-bond donors (Lipinski definition) is 2. The van der Waals surface area contributed by atoms with Gasteiger partial charge in [-0.15, -0.1) is 0 Å². The van der Waals surface area contributed by atoms with Crippen LogP contribution in [0.4, 0.5) is 0 Å². The van der Waals surface area contributed by atoms with Crippen LogP contribution in [0.25, 0.3) is 0 Å². The van der Waals surface area contributed by atoms with Gasteiger partial charge in [0, 0.05) is 19.3 Å². The van der Waals surface area contributed by atoms with Gasteiger partial charge in [0.2, 0.25) is 0 Å². The van der Waals surface area contributed by atoms with Crippen LogP contribution >= 0.6 is 0 Å². The fourth-order valence-corrected chi connectivity index (χ4v) is 1.98. The van der Waals surface area contributed by atoms with Crippen LogP contribution in [0.1, 0.15) is 30.1 Å². The van der Waals surface area contributed by atoms with Crippen LogP contribution in [0.15, 0.2) is 0 Å². The van der Waals surface area contributed by atoms with E-state index >= 15 is 0 Å². The fraction of sp³-hybridized carbons (Fsp3) is 0.727. The Morgan fingerprint density at radius 3 is 3.07 bits per heavy atom. The van der Waals surface area contributed by atoms with Crippen LogP contribution < -0.4 is 5.32 Å². The molecule has 0 spiro atoms. The number of hydrogen-bond acceptors (Lipinski definition) is 3. The molecule has 1 aliphatic rings. The average Bonchev–Trinajstić information content (AvgIpc) is 2.67. The molecule has 15 heavy (non-hydrogen) atoms. The Labute approximate surface area is 90.4 Å². The Morgan fingerprint density at radius 2 is 2.27 bits per heavy atom. The maximum atomic E-state index is 4.97. The number of rotatable bonds is 5. The minimum atomic E-state index is 0.750. The van der Waals surface area contributed by atoms with Gasteiger partial charge < -0.3 is 15.0 Å². The fourth-order valence-electron chi connectivity index (χ4n) is 1.98. The molecule has 0 bridgehead atoms. The van der Waals surface area contributed by atoms with Gasteiger partial charge in [0.25, 0.3) is 0 Å². The third-order valence-electron chi connectivity index (χ3n) is 2.78. The van der Waals surface area contributed by atoms with Gasteiger partial charge >= 0.3 is 0 Å². The van der Waals surface area contributed by atoms with E-state index in [1.165, 1.54) is 30.7 Å². The minimum absolute atomic E-state index is 0.750. The van der Waals surface area contributed by atoms with Crippen LogP contribution in [-0.2, 0) is 24.1 Å². The Hall–Kier alpha value is -0.870. The summed E-state index contributed by atoms with van der Waals surface area (Å²) in [5, 5.41) is 3.29. The van der Waals surface area contributed by atoms with Crippen molar-refractivity contribution in [3.8, 4) is 0 Å². The second-order valence-corrected chi connectivity index (χ2v) is 3.99. The molecule has 1 aromatic rings.